The second kappa shape index (κ2) is 5.45. The molecule has 0 bridgehead atoms. The van der Waals surface area contributed by atoms with Crippen LogP contribution in [0.3, 0.4) is 0 Å². The lowest BCUT2D eigenvalue weighted by Gasteiger charge is -2.10. The molecule has 0 heterocycles. The van der Waals surface area contributed by atoms with Crippen LogP contribution < -0.4 is 0 Å². The number of nitro benzene ring substituents is 1. The standard InChI is InChI=1S/C10H10BrNO3S/c1-6(13)9(11)7-4-3-5-8(12(14)15)10(7)16-2/h3-5,9H,1-2H3. The average Bonchev–Trinajstić information content (AvgIpc) is 2.26. The van der Waals surface area contributed by atoms with E-state index in [0.717, 1.165) is 0 Å². The summed E-state index contributed by atoms with van der Waals surface area (Å²) in [7, 11) is 0. The number of hydrogen-bond acceptors (Lipinski definition) is 4. The number of rotatable bonds is 4. The summed E-state index contributed by atoms with van der Waals surface area (Å²) in [6, 6.07) is 4.75. The predicted octanol–water partition coefficient (Wildman–Crippen LogP) is 3.34. The van der Waals surface area contributed by atoms with Crippen molar-refractivity contribution in [3.63, 3.8) is 0 Å². The Morgan fingerprint density at radius 1 is 1.56 bits per heavy atom. The average molecular weight is 304 g/mol. The summed E-state index contributed by atoms with van der Waals surface area (Å²) in [5, 5.41) is 10.8. The Balaban J connectivity index is 3.34. The van der Waals surface area contributed by atoms with Crippen LogP contribution in [-0.2, 0) is 4.79 Å². The van der Waals surface area contributed by atoms with E-state index >= 15 is 0 Å². The molecule has 0 N–H and O–H groups in total. The molecule has 0 saturated carbocycles. The monoisotopic (exact) mass is 303 g/mol. The highest BCUT2D eigenvalue weighted by Crippen LogP contribution is 2.37. The second-order valence-electron chi connectivity index (χ2n) is 3.13. The van der Waals surface area contributed by atoms with Crippen molar-refractivity contribution < 1.29 is 9.72 Å². The molecule has 1 aromatic carbocycles. The van der Waals surface area contributed by atoms with Gasteiger partial charge in [0.1, 0.15) is 5.78 Å². The van der Waals surface area contributed by atoms with Crippen LogP contribution >= 0.6 is 27.7 Å². The third kappa shape index (κ3) is 2.62. The summed E-state index contributed by atoms with van der Waals surface area (Å²) in [6.45, 7) is 1.45. The van der Waals surface area contributed by atoms with Crippen molar-refractivity contribution in [2.24, 2.45) is 0 Å². The van der Waals surface area contributed by atoms with E-state index in [1.165, 1.54) is 24.8 Å². The molecule has 16 heavy (non-hydrogen) atoms. The van der Waals surface area contributed by atoms with Crippen molar-refractivity contribution in [2.45, 2.75) is 16.6 Å². The van der Waals surface area contributed by atoms with Gasteiger partial charge in [-0.3, -0.25) is 14.9 Å². The third-order valence-corrected chi connectivity index (χ3v) is 4.05. The van der Waals surface area contributed by atoms with Crippen molar-refractivity contribution in [1.82, 2.24) is 0 Å². The summed E-state index contributed by atoms with van der Waals surface area (Å²) in [4.78, 5) is 21.7. The van der Waals surface area contributed by atoms with Gasteiger partial charge in [-0.2, -0.15) is 0 Å². The number of halogens is 1. The van der Waals surface area contributed by atoms with Crippen molar-refractivity contribution in [1.29, 1.82) is 0 Å². The molecule has 0 fully saturated rings. The molecule has 0 radical (unpaired) electrons. The zero-order chi connectivity index (χ0) is 12.3. The Kier molecular flexibility index (Phi) is 4.49. The fourth-order valence-electron chi connectivity index (χ4n) is 1.33. The van der Waals surface area contributed by atoms with Gasteiger partial charge in [-0.05, 0) is 18.7 Å². The van der Waals surface area contributed by atoms with Gasteiger partial charge in [-0.15, -0.1) is 11.8 Å². The number of carbonyl (C=O) groups is 1. The van der Waals surface area contributed by atoms with Crippen LogP contribution in [0.15, 0.2) is 23.1 Å². The van der Waals surface area contributed by atoms with Gasteiger partial charge in [-0.1, -0.05) is 28.1 Å². The maximum Gasteiger partial charge on any atom is 0.283 e. The molecule has 1 atom stereocenters. The van der Waals surface area contributed by atoms with Gasteiger partial charge in [0.2, 0.25) is 0 Å². The number of nitro groups is 1. The topological polar surface area (TPSA) is 60.2 Å². The lowest BCUT2D eigenvalue weighted by Crippen LogP contribution is -2.04. The first kappa shape index (κ1) is 13.2. The van der Waals surface area contributed by atoms with E-state index in [1.807, 2.05) is 0 Å². The highest BCUT2D eigenvalue weighted by Gasteiger charge is 2.22. The van der Waals surface area contributed by atoms with E-state index in [2.05, 4.69) is 15.9 Å². The molecule has 0 aliphatic heterocycles. The minimum atomic E-state index is -0.491. The quantitative estimate of drug-likeness (QED) is 0.370. The molecule has 0 spiro atoms. The van der Waals surface area contributed by atoms with Gasteiger partial charge in [-0.25, -0.2) is 0 Å². The highest BCUT2D eigenvalue weighted by atomic mass is 79.9. The van der Waals surface area contributed by atoms with Gasteiger partial charge < -0.3 is 0 Å². The smallest absolute Gasteiger partial charge is 0.283 e. The summed E-state index contributed by atoms with van der Waals surface area (Å²) in [5.74, 6) is -0.0733. The van der Waals surface area contributed by atoms with Crippen LogP contribution in [0, 0.1) is 10.1 Å². The number of carbonyl (C=O) groups excluding carboxylic acids is 1. The number of alkyl halides is 1. The van der Waals surface area contributed by atoms with Gasteiger partial charge in [0.15, 0.2) is 0 Å². The fourth-order valence-corrected chi connectivity index (χ4v) is 2.63. The molecule has 0 saturated heterocycles. The first-order valence-corrected chi connectivity index (χ1v) is 6.59. The molecule has 0 aliphatic carbocycles. The molecule has 0 aromatic heterocycles. The first-order valence-electron chi connectivity index (χ1n) is 4.44. The molecule has 0 amide bonds. The van der Waals surface area contributed by atoms with Crippen LogP contribution in [0.1, 0.15) is 17.3 Å². The summed E-state index contributed by atoms with van der Waals surface area (Å²) in [5.41, 5.74) is 0.685. The van der Waals surface area contributed by atoms with E-state index in [9.17, 15) is 14.9 Å². The molecule has 86 valence electrons. The number of Topliss-reactive ketones (excluding diaryl/α,β-unsaturated/α-hetero) is 1. The van der Waals surface area contributed by atoms with Crippen LogP contribution in [-0.4, -0.2) is 17.0 Å². The van der Waals surface area contributed by atoms with Crippen molar-refractivity contribution in [3.05, 3.63) is 33.9 Å². The van der Waals surface area contributed by atoms with Crippen molar-refractivity contribution >= 4 is 39.2 Å². The van der Waals surface area contributed by atoms with Crippen LogP contribution in [0.25, 0.3) is 0 Å². The van der Waals surface area contributed by atoms with Crippen molar-refractivity contribution in [2.75, 3.05) is 6.26 Å². The Morgan fingerprint density at radius 3 is 2.62 bits per heavy atom. The number of hydrogen-bond donors (Lipinski definition) is 0. The first-order chi connectivity index (χ1) is 7.49. The van der Waals surface area contributed by atoms with E-state index in [1.54, 1.807) is 18.4 Å². The Labute approximate surface area is 106 Å². The molecule has 6 heteroatoms. The summed E-state index contributed by atoms with van der Waals surface area (Å²) in [6.07, 6.45) is 1.76. The van der Waals surface area contributed by atoms with Crippen LogP contribution in [0.2, 0.25) is 0 Å². The molecule has 1 rings (SSSR count). The zero-order valence-corrected chi connectivity index (χ0v) is 11.2. The molecular weight excluding hydrogens is 294 g/mol. The third-order valence-electron chi connectivity index (χ3n) is 2.06. The second-order valence-corrected chi connectivity index (χ2v) is 4.86. The molecular formula is C10H10BrNO3S. The fraction of sp³-hybridized carbons (Fsp3) is 0.300. The lowest BCUT2D eigenvalue weighted by molar-refractivity contribution is -0.387. The van der Waals surface area contributed by atoms with E-state index < -0.39 is 9.75 Å². The van der Waals surface area contributed by atoms with Gasteiger partial charge >= 0.3 is 0 Å². The summed E-state index contributed by atoms with van der Waals surface area (Å²) < 4.78 is 0. The van der Waals surface area contributed by atoms with E-state index in [4.69, 9.17) is 0 Å². The molecule has 1 aromatic rings. The maximum atomic E-state index is 11.3. The van der Waals surface area contributed by atoms with E-state index in [0.29, 0.717) is 10.5 Å². The number of nitrogens with zero attached hydrogens (tertiary/aromatic N) is 1. The maximum absolute atomic E-state index is 11.3. The SMILES string of the molecule is CSc1c(C(Br)C(C)=O)cccc1[N+](=O)[O-]. The summed E-state index contributed by atoms with van der Waals surface area (Å²) >= 11 is 4.51. The van der Waals surface area contributed by atoms with Crippen LogP contribution in [0.5, 0.6) is 0 Å². The molecule has 0 aliphatic rings. The predicted molar refractivity (Wildman–Crippen MR) is 67.2 cm³/mol. The number of benzene rings is 1. The zero-order valence-electron chi connectivity index (χ0n) is 8.77. The van der Waals surface area contributed by atoms with Gasteiger partial charge in [0.05, 0.1) is 14.6 Å². The Bertz CT molecular complexity index is 436. The van der Waals surface area contributed by atoms with Gasteiger partial charge in [0.25, 0.3) is 5.69 Å². The number of thioether (sulfide) groups is 1. The minimum Gasteiger partial charge on any atom is -0.298 e. The Morgan fingerprint density at radius 2 is 2.19 bits per heavy atom. The number of ketones is 1. The Hall–Kier alpha value is -0.880. The van der Waals surface area contributed by atoms with E-state index in [-0.39, 0.29) is 11.5 Å². The van der Waals surface area contributed by atoms with Gasteiger partial charge in [0, 0.05) is 6.07 Å². The minimum absolute atomic E-state index is 0.0377. The normalized spacial score (nSPS) is 12.2. The van der Waals surface area contributed by atoms with Crippen molar-refractivity contribution in [3.8, 4) is 0 Å². The molecule has 4 nitrogen and oxygen atoms in total. The largest absolute Gasteiger partial charge is 0.298 e. The van der Waals surface area contributed by atoms with Crippen LogP contribution in [0.4, 0.5) is 5.69 Å². The molecule has 1 unspecified atom stereocenters. The highest BCUT2D eigenvalue weighted by molar-refractivity contribution is 9.09. The lowest BCUT2D eigenvalue weighted by atomic mass is 10.1.